The van der Waals surface area contributed by atoms with Gasteiger partial charge in [-0.15, -0.1) is 0 Å². The average molecular weight is 246 g/mol. The molecule has 0 saturated carbocycles. The fraction of sp³-hybridized carbons (Fsp3) is 0.467. The van der Waals surface area contributed by atoms with Gasteiger partial charge in [-0.2, -0.15) is 0 Å². The molecule has 92 valence electrons. The maximum atomic E-state index is 6.06. The summed E-state index contributed by atoms with van der Waals surface area (Å²) in [6.07, 6.45) is 5.76. The summed E-state index contributed by atoms with van der Waals surface area (Å²) in [6.45, 7) is 6.74. The Hall–Kier alpha value is -1.02. The fourth-order valence-electron chi connectivity index (χ4n) is 2.32. The van der Waals surface area contributed by atoms with Gasteiger partial charge in [0.25, 0.3) is 0 Å². The van der Waals surface area contributed by atoms with E-state index in [9.17, 15) is 0 Å². The van der Waals surface area contributed by atoms with Crippen molar-refractivity contribution in [3.05, 3.63) is 47.7 Å². The minimum absolute atomic E-state index is 0.685. The fourth-order valence-corrected chi connectivity index (χ4v) is 3.30. The molecule has 0 fully saturated rings. The molecule has 0 N–H and O–H groups in total. The predicted molar refractivity (Wildman–Crippen MR) is 75.5 cm³/mol. The van der Waals surface area contributed by atoms with Gasteiger partial charge in [-0.3, -0.25) is 0 Å². The van der Waals surface area contributed by atoms with Crippen LogP contribution >= 0.6 is 0 Å². The summed E-state index contributed by atoms with van der Waals surface area (Å²) in [5.74, 6) is 1.92. The Bertz CT molecular complexity index is 389. The topological polar surface area (TPSA) is 9.23 Å². The lowest BCUT2D eigenvalue weighted by atomic mass is 9.87. The van der Waals surface area contributed by atoms with Crippen LogP contribution in [0.15, 0.2) is 42.2 Å². The molecular formula is C15H22OSi. The van der Waals surface area contributed by atoms with Crippen LogP contribution in [0.1, 0.15) is 30.7 Å². The van der Waals surface area contributed by atoms with E-state index in [2.05, 4.69) is 56.0 Å². The Kier molecular flexibility index (Phi) is 3.72. The van der Waals surface area contributed by atoms with Crippen molar-refractivity contribution in [1.82, 2.24) is 0 Å². The Balaban J connectivity index is 1.98. The Labute approximate surface area is 106 Å². The molecule has 1 nitrogen and oxygen atoms in total. The molecule has 0 amide bonds. The van der Waals surface area contributed by atoms with E-state index < -0.39 is 8.32 Å². The molecule has 0 spiro atoms. The largest absolute Gasteiger partial charge is 0.548 e. The van der Waals surface area contributed by atoms with Gasteiger partial charge < -0.3 is 4.43 Å². The van der Waals surface area contributed by atoms with Crippen molar-refractivity contribution >= 4 is 8.32 Å². The molecule has 0 radical (unpaired) electrons. The van der Waals surface area contributed by atoms with Gasteiger partial charge in [0, 0.05) is 6.42 Å². The molecule has 1 aliphatic carbocycles. The monoisotopic (exact) mass is 246 g/mol. The van der Waals surface area contributed by atoms with Gasteiger partial charge in [0.15, 0.2) is 0 Å². The number of hydrogen-bond donors (Lipinski definition) is 0. The Morgan fingerprint density at radius 3 is 2.35 bits per heavy atom. The maximum Gasteiger partial charge on any atom is 0.241 e. The third-order valence-corrected chi connectivity index (χ3v) is 3.95. The van der Waals surface area contributed by atoms with E-state index in [0.717, 1.165) is 12.8 Å². The molecule has 1 aromatic carbocycles. The van der Waals surface area contributed by atoms with Crippen LogP contribution in [0.5, 0.6) is 0 Å². The minimum Gasteiger partial charge on any atom is -0.548 e. The first-order chi connectivity index (χ1) is 8.04. The highest BCUT2D eigenvalue weighted by Crippen LogP contribution is 2.33. The van der Waals surface area contributed by atoms with Gasteiger partial charge in [0.2, 0.25) is 8.32 Å². The van der Waals surface area contributed by atoms with Crippen molar-refractivity contribution in [1.29, 1.82) is 0 Å². The van der Waals surface area contributed by atoms with Crippen LogP contribution in [0.4, 0.5) is 0 Å². The molecule has 0 aliphatic heterocycles. The van der Waals surface area contributed by atoms with Crippen molar-refractivity contribution in [2.24, 2.45) is 0 Å². The third-order valence-electron chi connectivity index (χ3n) is 3.08. The number of rotatable bonds is 3. The van der Waals surface area contributed by atoms with Crippen LogP contribution in [0.3, 0.4) is 0 Å². The van der Waals surface area contributed by atoms with Gasteiger partial charge in [-0.05, 0) is 50.0 Å². The van der Waals surface area contributed by atoms with E-state index >= 15 is 0 Å². The second-order valence-electron chi connectivity index (χ2n) is 5.77. The van der Waals surface area contributed by atoms with Crippen molar-refractivity contribution in [2.75, 3.05) is 0 Å². The lowest BCUT2D eigenvalue weighted by molar-refractivity contribution is 0.370. The highest BCUT2D eigenvalue weighted by atomic mass is 28.4. The summed E-state index contributed by atoms with van der Waals surface area (Å²) in [4.78, 5) is 0. The zero-order valence-corrected chi connectivity index (χ0v) is 12.1. The van der Waals surface area contributed by atoms with Gasteiger partial charge in [0.1, 0.15) is 0 Å². The van der Waals surface area contributed by atoms with Gasteiger partial charge in [-0.1, -0.05) is 30.3 Å². The molecule has 1 atom stereocenters. The van der Waals surface area contributed by atoms with E-state index in [1.165, 1.54) is 17.7 Å². The summed E-state index contributed by atoms with van der Waals surface area (Å²) in [7, 11) is -1.41. The molecule has 0 bridgehead atoms. The molecule has 1 aliphatic rings. The predicted octanol–water partition coefficient (Wildman–Crippen LogP) is 4.69. The SMILES string of the molecule is C[Si](C)(C)OC1=CC[C@@H](c2ccccc2)CC1. The summed E-state index contributed by atoms with van der Waals surface area (Å²) in [6, 6.07) is 10.8. The molecule has 17 heavy (non-hydrogen) atoms. The first-order valence-electron chi connectivity index (χ1n) is 6.47. The molecule has 0 heterocycles. The molecule has 0 aromatic heterocycles. The van der Waals surface area contributed by atoms with Crippen molar-refractivity contribution < 1.29 is 4.43 Å². The summed E-state index contributed by atoms with van der Waals surface area (Å²) < 4.78 is 6.06. The molecule has 0 saturated heterocycles. The third kappa shape index (κ3) is 3.74. The van der Waals surface area contributed by atoms with Crippen molar-refractivity contribution in [2.45, 2.75) is 44.8 Å². The van der Waals surface area contributed by atoms with Crippen LogP contribution in [0.25, 0.3) is 0 Å². The molecule has 0 unspecified atom stereocenters. The lowest BCUT2D eigenvalue weighted by Gasteiger charge is -2.27. The van der Waals surface area contributed by atoms with Crippen LogP contribution < -0.4 is 0 Å². The van der Waals surface area contributed by atoms with Crippen molar-refractivity contribution in [3.8, 4) is 0 Å². The summed E-state index contributed by atoms with van der Waals surface area (Å²) in [5.41, 5.74) is 1.47. The first kappa shape index (κ1) is 12.4. The standard InChI is InChI=1S/C15H22OSi/c1-17(2,3)16-15-11-9-14(10-12-15)13-7-5-4-6-8-13/h4-8,11,14H,9-10,12H2,1-3H3/t14-/m1/s1. The number of hydrogen-bond acceptors (Lipinski definition) is 1. The zero-order valence-electron chi connectivity index (χ0n) is 11.1. The Morgan fingerprint density at radius 2 is 1.82 bits per heavy atom. The Morgan fingerprint density at radius 1 is 1.12 bits per heavy atom. The number of benzene rings is 1. The van der Waals surface area contributed by atoms with Crippen LogP contribution in [-0.4, -0.2) is 8.32 Å². The smallest absolute Gasteiger partial charge is 0.241 e. The van der Waals surface area contributed by atoms with Crippen LogP contribution in [-0.2, 0) is 4.43 Å². The van der Waals surface area contributed by atoms with E-state index in [-0.39, 0.29) is 0 Å². The van der Waals surface area contributed by atoms with E-state index in [0.29, 0.717) is 5.92 Å². The van der Waals surface area contributed by atoms with E-state index in [1.807, 2.05) is 0 Å². The normalized spacial score (nSPS) is 20.9. The quantitative estimate of drug-likeness (QED) is 0.703. The van der Waals surface area contributed by atoms with Gasteiger partial charge in [-0.25, -0.2) is 0 Å². The second kappa shape index (κ2) is 5.09. The minimum atomic E-state index is -1.41. The lowest BCUT2D eigenvalue weighted by Crippen LogP contribution is -2.25. The molecule has 2 rings (SSSR count). The number of allylic oxidation sites excluding steroid dienone is 2. The van der Waals surface area contributed by atoms with E-state index in [4.69, 9.17) is 4.43 Å². The van der Waals surface area contributed by atoms with Crippen LogP contribution in [0.2, 0.25) is 19.6 Å². The maximum absolute atomic E-state index is 6.06. The van der Waals surface area contributed by atoms with Crippen molar-refractivity contribution in [3.63, 3.8) is 0 Å². The first-order valence-corrected chi connectivity index (χ1v) is 9.88. The second-order valence-corrected chi connectivity index (χ2v) is 10.2. The van der Waals surface area contributed by atoms with Gasteiger partial charge >= 0.3 is 0 Å². The highest BCUT2D eigenvalue weighted by Gasteiger charge is 2.21. The summed E-state index contributed by atoms with van der Waals surface area (Å²) in [5, 5.41) is 0. The summed E-state index contributed by atoms with van der Waals surface area (Å²) >= 11 is 0. The average Bonchev–Trinajstić information content (AvgIpc) is 2.29. The van der Waals surface area contributed by atoms with Crippen LogP contribution in [0, 0.1) is 0 Å². The van der Waals surface area contributed by atoms with Gasteiger partial charge in [0.05, 0.1) is 5.76 Å². The molecule has 2 heteroatoms. The molecular weight excluding hydrogens is 224 g/mol. The molecule has 1 aromatic rings. The van der Waals surface area contributed by atoms with E-state index in [1.54, 1.807) is 0 Å². The zero-order chi connectivity index (χ0) is 12.3. The highest BCUT2D eigenvalue weighted by molar-refractivity contribution is 6.70.